The van der Waals surface area contributed by atoms with Crippen LogP contribution < -0.4 is 9.47 Å². The Morgan fingerprint density at radius 2 is 1.89 bits per heavy atom. The molecule has 1 fully saturated rings. The molecule has 0 spiro atoms. The van der Waals surface area contributed by atoms with Crippen LogP contribution in [0.5, 0.6) is 11.5 Å². The maximum atomic E-state index is 12.5. The highest BCUT2D eigenvalue weighted by Gasteiger charge is 2.47. The quantitative estimate of drug-likeness (QED) is 0.560. The number of ether oxygens (including phenoxy) is 2. The number of imide groups is 1. The molecule has 3 rings (SSSR count). The summed E-state index contributed by atoms with van der Waals surface area (Å²) in [5.41, 5.74) is 1.04. The zero-order valence-corrected chi connectivity index (χ0v) is 15.5. The number of amides is 2. The summed E-state index contributed by atoms with van der Waals surface area (Å²) in [7, 11) is 1.55. The fraction of sp³-hybridized carbons (Fsp3) is 0.429. The van der Waals surface area contributed by atoms with E-state index in [0.29, 0.717) is 24.3 Å². The van der Waals surface area contributed by atoms with Crippen molar-refractivity contribution < 1.29 is 24.2 Å². The molecule has 1 aliphatic heterocycles. The smallest absolute Gasteiger partial charge is 0.233 e. The fourth-order valence-corrected chi connectivity index (χ4v) is 3.62. The van der Waals surface area contributed by atoms with E-state index in [0.717, 1.165) is 12.0 Å². The van der Waals surface area contributed by atoms with Crippen LogP contribution in [0.1, 0.15) is 18.4 Å². The molecule has 6 heteroatoms. The van der Waals surface area contributed by atoms with Gasteiger partial charge in [-0.1, -0.05) is 24.3 Å². The van der Waals surface area contributed by atoms with Crippen molar-refractivity contribution in [2.24, 2.45) is 11.8 Å². The highest BCUT2D eigenvalue weighted by molar-refractivity contribution is 6.05. The zero-order valence-electron chi connectivity index (χ0n) is 15.5. The molecule has 0 unspecified atom stereocenters. The average Bonchev–Trinajstić information content (AvgIpc) is 2.92. The van der Waals surface area contributed by atoms with Crippen LogP contribution in [0.4, 0.5) is 0 Å². The number of fused-ring (bicyclic) bond motifs is 1. The number of aliphatic hydroxyl groups is 1. The summed E-state index contributed by atoms with van der Waals surface area (Å²) in [4.78, 5) is 26.1. The third kappa shape index (κ3) is 4.06. The van der Waals surface area contributed by atoms with Crippen molar-refractivity contribution in [3.8, 4) is 11.5 Å². The first-order chi connectivity index (χ1) is 13.0. The number of rotatable bonds is 8. The number of methoxy groups -OCH3 is 1. The molecule has 3 atom stereocenters. The SMILES string of the molecule is C=CCc1ccc(OC[C@@H](O)CN2C(=O)[C@H]3CC=CC[C@H]3C2=O)c(OC)c1. The minimum absolute atomic E-state index is 0.0399. The van der Waals surface area contributed by atoms with Gasteiger partial charge in [0.25, 0.3) is 0 Å². The fourth-order valence-electron chi connectivity index (χ4n) is 3.62. The monoisotopic (exact) mass is 371 g/mol. The lowest BCUT2D eigenvalue weighted by molar-refractivity contribution is -0.141. The maximum Gasteiger partial charge on any atom is 0.233 e. The number of benzene rings is 1. The molecule has 144 valence electrons. The van der Waals surface area contributed by atoms with Crippen molar-refractivity contribution in [2.75, 3.05) is 20.3 Å². The van der Waals surface area contributed by atoms with Crippen molar-refractivity contribution in [3.05, 3.63) is 48.6 Å². The summed E-state index contributed by atoms with van der Waals surface area (Å²) in [6.07, 6.45) is 6.61. The summed E-state index contributed by atoms with van der Waals surface area (Å²) in [5, 5.41) is 10.3. The van der Waals surface area contributed by atoms with Gasteiger partial charge in [0.05, 0.1) is 25.5 Å². The Balaban J connectivity index is 1.58. The molecule has 1 aromatic carbocycles. The van der Waals surface area contributed by atoms with E-state index >= 15 is 0 Å². The van der Waals surface area contributed by atoms with Crippen molar-refractivity contribution >= 4 is 11.8 Å². The first kappa shape index (κ1) is 19.2. The number of carbonyl (C=O) groups excluding carboxylic acids is 2. The Bertz CT molecular complexity index is 731. The molecular formula is C21H25NO5. The van der Waals surface area contributed by atoms with Gasteiger partial charge in [0, 0.05) is 0 Å². The average molecular weight is 371 g/mol. The molecular weight excluding hydrogens is 346 g/mol. The number of likely N-dealkylation sites (tertiary alicyclic amines) is 1. The van der Waals surface area contributed by atoms with Crippen LogP contribution in [-0.4, -0.2) is 48.2 Å². The highest BCUT2D eigenvalue weighted by atomic mass is 16.5. The molecule has 2 amide bonds. The minimum Gasteiger partial charge on any atom is -0.493 e. The number of hydrogen-bond donors (Lipinski definition) is 1. The van der Waals surface area contributed by atoms with Crippen LogP contribution in [0.15, 0.2) is 43.0 Å². The Morgan fingerprint density at radius 3 is 2.48 bits per heavy atom. The normalized spacial score (nSPS) is 22.5. The lowest BCUT2D eigenvalue weighted by Gasteiger charge is -2.20. The van der Waals surface area contributed by atoms with Crippen molar-refractivity contribution in [1.82, 2.24) is 4.90 Å². The van der Waals surface area contributed by atoms with Crippen LogP contribution in [0.3, 0.4) is 0 Å². The molecule has 1 heterocycles. The van der Waals surface area contributed by atoms with E-state index in [4.69, 9.17) is 9.47 Å². The first-order valence-corrected chi connectivity index (χ1v) is 9.14. The van der Waals surface area contributed by atoms with Gasteiger partial charge in [0.2, 0.25) is 11.8 Å². The van der Waals surface area contributed by atoms with Gasteiger partial charge in [-0.15, -0.1) is 6.58 Å². The van der Waals surface area contributed by atoms with E-state index in [1.165, 1.54) is 4.90 Å². The van der Waals surface area contributed by atoms with Gasteiger partial charge < -0.3 is 14.6 Å². The topological polar surface area (TPSA) is 76.1 Å². The second-order valence-electron chi connectivity index (χ2n) is 6.89. The molecule has 0 radical (unpaired) electrons. The molecule has 6 nitrogen and oxygen atoms in total. The summed E-state index contributed by atoms with van der Waals surface area (Å²) in [6, 6.07) is 5.53. The van der Waals surface area contributed by atoms with Crippen LogP contribution in [-0.2, 0) is 16.0 Å². The molecule has 1 aliphatic carbocycles. The van der Waals surface area contributed by atoms with Gasteiger partial charge in [-0.2, -0.15) is 0 Å². The van der Waals surface area contributed by atoms with Crippen LogP contribution in [0.2, 0.25) is 0 Å². The molecule has 1 saturated heterocycles. The summed E-state index contributed by atoms with van der Waals surface area (Å²) in [6.45, 7) is 3.62. The van der Waals surface area contributed by atoms with Crippen molar-refractivity contribution in [1.29, 1.82) is 0 Å². The molecule has 0 saturated carbocycles. The van der Waals surface area contributed by atoms with Gasteiger partial charge in [-0.3, -0.25) is 14.5 Å². The maximum absolute atomic E-state index is 12.5. The molecule has 0 bridgehead atoms. The van der Waals surface area contributed by atoms with E-state index in [9.17, 15) is 14.7 Å². The van der Waals surface area contributed by atoms with E-state index < -0.39 is 6.10 Å². The zero-order chi connectivity index (χ0) is 19.4. The summed E-state index contributed by atoms with van der Waals surface area (Å²) < 4.78 is 11.0. The number of allylic oxidation sites excluding steroid dienone is 3. The van der Waals surface area contributed by atoms with Gasteiger partial charge in [-0.05, 0) is 37.0 Å². The Kier molecular flexibility index (Phi) is 5.96. The van der Waals surface area contributed by atoms with Crippen molar-refractivity contribution in [3.63, 3.8) is 0 Å². The first-order valence-electron chi connectivity index (χ1n) is 9.14. The lowest BCUT2D eigenvalue weighted by Crippen LogP contribution is -2.40. The molecule has 2 aliphatic rings. The number of β-amino-alcohol motifs (C(OH)–C–C–N with tert-alkyl or cyclic N) is 1. The van der Waals surface area contributed by atoms with E-state index in [-0.39, 0.29) is 36.8 Å². The number of nitrogens with zero attached hydrogens (tertiary/aromatic N) is 1. The Hall–Kier alpha value is -2.60. The third-order valence-corrected chi connectivity index (χ3v) is 5.03. The second kappa shape index (κ2) is 8.39. The standard InChI is InChI=1S/C21H25NO5/c1-3-6-14-9-10-18(19(11-14)26-2)27-13-15(23)12-22-20(24)16-7-4-5-8-17(16)21(22)25/h3-5,9-11,15-17,23H,1,6-8,12-13H2,2H3/t15-,16-,17+/m0/s1. The van der Waals surface area contributed by atoms with Gasteiger partial charge in [-0.25, -0.2) is 0 Å². The number of aliphatic hydroxyl groups excluding tert-OH is 1. The largest absolute Gasteiger partial charge is 0.493 e. The molecule has 0 aromatic heterocycles. The number of hydrogen-bond acceptors (Lipinski definition) is 5. The molecule has 1 aromatic rings. The molecule has 1 N–H and O–H groups in total. The second-order valence-corrected chi connectivity index (χ2v) is 6.89. The van der Waals surface area contributed by atoms with Gasteiger partial charge in [0.15, 0.2) is 11.5 Å². The summed E-state index contributed by atoms with van der Waals surface area (Å²) in [5.74, 6) is 0.106. The molecule has 27 heavy (non-hydrogen) atoms. The predicted molar refractivity (Wildman–Crippen MR) is 100 cm³/mol. The van der Waals surface area contributed by atoms with Crippen LogP contribution >= 0.6 is 0 Å². The van der Waals surface area contributed by atoms with Crippen LogP contribution in [0.25, 0.3) is 0 Å². The van der Waals surface area contributed by atoms with E-state index in [2.05, 4.69) is 6.58 Å². The predicted octanol–water partition coefficient (Wildman–Crippen LogP) is 2.11. The van der Waals surface area contributed by atoms with Gasteiger partial charge in [0.1, 0.15) is 12.7 Å². The van der Waals surface area contributed by atoms with E-state index in [1.807, 2.05) is 24.3 Å². The Labute approximate surface area is 159 Å². The number of carbonyl (C=O) groups is 2. The highest BCUT2D eigenvalue weighted by Crippen LogP contribution is 2.35. The van der Waals surface area contributed by atoms with Gasteiger partial charge >= 0.3 is 0 Å². The summed E-state index contributed by atoms with van der Waals surface area (Å²) >= 11 is 0. The lowest BCUT2D eigenvalue weighted by atomic mass is 9.85. The third-order valence-electron chi connectivity index (χ3n) is 5.03. The Morgan fingerprint density at radius 1 is 1.22 bits per heavy atom. The van der Waals surface area contributed by atoms with E-state index in [1.54, 1.807) is 19.3 Å². The minimum atomic E-state index is -0.969. The van der Waals surface area contributed by atoms with Crippen LogP contribution in [0, 0.1) is 11.8 Å². The van der Waals surface area contributed by atoms with Crippen molar-refractivity contribution in [2.45, 2.75) is 25.4 Å².